The second-order valence-electron chi connectivity index (χ2n) is 8.36. The molecule has 0 bridgehead atoms. The minimum atomic E-state index is -3.76. The van der Waals surface area contributed by atoms with Crippen molar-refractivity contribution in [2.75, 3.05) is 32.4 Å². The summed E-state index contributed by atoms with van der Waals surface area (Å²) in [5, 5.41) is 0.982. The zero-order chi connectivity index (χ0) is 24.8. The van der Waals surface area contributed by atoms with E-state index < -0.39 is 19.9 Å². The predicted octanol–water partition coefficient (Wildman–Crippen LogP) is 2.06. The summed E-state index contributed by atoms with van der Waals surface area (Å²) >= 11 is 6.08. The van der Waals surface area contributed by atoms with Gasteiger partial charge in [0.1, 0.15) is 5.82 Å². The van der Waals surface area contributed by atoms with Gasteiger partial charge in [0.2, 0.25) is 10.0 Å². The minimum absolute atomic E-state index is 0.0527. The molecule has 3 aromatic rings. The summed E-state index contributed by atoms with van der Waals surface area (Å²) in [5.74, 6) is 0.576. The van der Waals surface area contributed by atoms with Crippen molar-refractivity contribution in [1.82, 2.24) is 18.8 Å². The van der Waals surface area contributed by atoms with Crippen molar-refractivity contribution < 1.29 is 16.8 Å². The number of piperazine rings is 1. The van der Waals surface area contributed by atoms with Crippen LogP contribution in [0.2, 0.25) is 5.02 Å². The molecule has 1 fully saturated rings. The number of aromatic nitrogens is 2. The molecule has 1 aromatic heterocycles. The van der Waals surface area contributed by atoms with Crippen LogP contribution in [0, 0.1) is 0 Å². The van der Waals surface area contributed by atoms with Gasteiger partial charge in [0.05, 0.1) is 26.7 Å². The smallest absolute Gasteiger partial charge is 0.261 e. The molecule has 1 aliphatic heterocycles. The molecular formula is C22H25ClN4O5S2. The van der Waals surface area contributed by atoms with E-state index in [0.717, 1.165) is 6.26 Å². The number of hydrogen-bond donors (Lipinski definition) is 0. The molecule has 0 saturated carbocycles. The number of halogens is 1. The Morgan fingerprint density at radius 2 is 1.53 bits per heavy atom. The van der Waals surface area contributed by atoms with E-state index in [1.54, 1.807) is 25.2 Å². The first-order valence-corrected chi connectivity index (χ1v) is 14.3. The minimum Gasteiger partial charge on any atom is -0.298 e. The fourth-order valence-electron chi connectivity index (χ4n) is 4.14. The van der Waals surface area contributed by atoms with Crippen LogP contribution in [-0.4, -0.2) is 68.0 Å². The topological polar surface area (TPSA) is 110 Å². The first kappa shape index (κ1) is 24.8. The highest BCUT2D eigenvalue weighted by molar-refractivity contribution is 7.90. The molecule has 1 atom stereocenters. The lowest BCUT2D eigenvalue weighted by atomic mass is 10.2. The third-order valence-corrected chi connectivity index (χ3v) is 9.43. The third-order valence-electron chi connectivity index (χ3n) is 6.16. The van der Waals surface area contributed by atoms with Gasteiger partial charge in [-0.15, -0.1) is 0 Å². The van der Waals surface area contributed by atoms with Crippen LogP contribution in [0.15, 0.2) is 57.1 Å². The Labute approximate surface area is 203 Å². The Bertz CT molecular complexity index is 1510. The van der Waals surface area contributed by atoms with Crippen molar-refractivity contribution in [3.05, 3.63) is 63.7 Å². The summed E-state index contributed by atoms with van der Waals surface area (Å²) < 4.78 is 52.3. The van der Waals surface area contributed by atoms with Crippen LogP contribution in [0.1, 0.15) is 18.8 Å². The van der Waals surface area contributed by atoms with Crippen LogP contribution in [0.5, 0.6) is 0 Å². The lowest BCUT2D eigenvalue weighted by molar-refractivity contribution is 0.139. The summed E-state index contributed by atoms with van der Waals surface area (Å²) in [6.07, 6.45) is 1.08. The van der Waals surface area contributed by atoms with E-state index in [0.29, 0.717) is 34.8 Å². The maximum absolute atomic E-state index is 13.1. The molecule has 1 unspecified atom stereocenters. The number of rotatable bonds is 5. The van der Waals surface area contributed by atoms with Crippen molar-refractivity contribution in [3.8, 4) is 0 Å². The average molecular weight is 525 g/mol. The zero-order valence-electron chi connectivity index (χ0n) is 19.0. The van der Waals surface area contributed by atoms with Crippen LogP contribution in [0.4, 0.5) is 0 Å². The highest BCUT2D eigenvalue weighted by Gasteiger charge is 2.31. The lowest BCUT2D eigenvalue weighted by Crippen LogP contribution is -2.49. The summed E-state index contributed by atoms with van der Waals surface area (Å²) in [6.45, 7) is 3.35. The van der Waals surface area contributed by atoms with Crippen LogP contribution in [-0.2, 0) is 26.9 Å². The predicted molar refractivity (Wildman–Crippen MR) is 130 cm³/mol. The van der Waals surface area contributed by atoms with E-state index >= 15 is 0 Å². The lowest BCUT2D eigenvalue weighted by Gasteiger charge is -2.37. The van der Waals surface area contributed by atoms with Crippen molar-refractivity contribution in [2.24, 2.45) is 7.05 Å². The monoisotopic (exact) mass is 524 g/mol. The Kier molecular flexibility index (Phi) is 6.60. The van der Waals surface area contributed by atoms with Crippen LogP contribution in [0.3, 0.4) is 0 Å². The van der Waals surface area contributed by atoms with Gasteiger partial charge < -0.3 is 0 Å². The van der Waals surface area contributed by atoms with Crippen molar-refractivity contribution in [2.45, 2.75) is 22.8 Å². The van der Waals surface area contributed by atoms with E-state index in [9.17, 15) is 21.6 Å². The van der Waals surface area contributed by atoms with Crippen LogP contribution < -0.4 is 5.56 Å². The van der Waals surface area contributed by atoms with Gasteiger partial charge in [-0.2, -0.15) is 4.31 Å². The van der Waals surface area contributed by atoms with Crippen molar-refractivity contribution >= 4 is 42.4 Å². The van der Waals surface area contributed by atoms with Crippen molar-refractivity contribution in [1.29, 1.82) is 0 Å². The first-order valence-electron chi connectivity index (χ1n) is 10.6. The normalized spacial score (nSPS) is 17.2. The van der Waals surface area contributed by atoms with Gasteiger partial charge in [-0.1, -0.05) is 11.6 Å². The third kappa shape index (κ3) is 4.63. The first-order chi connectivity index (χ1) is 15.9. The van der Waals surface area contributed by atoms with Gasteiger partial charge in [-0.05, 0) is 49.4 Å². The summed E-state index contributed by atoms with van der Waals surface area (Å²) in [6, 6.07) is 10.0. The number of nitrogens with zero attached hydrogens (tertiary/aromatic N) is 4. The van der Waals surface area contributed by atoms with E-state index in [1.807, 2.05) is 6.92 Å². The maximum Gasteiger partial charge on any atom is 0.261 e. The molecule has 0 spiro atoms. The quantitative estimate of drug-likeness (QED) is 0.502. The second kappa shape index (κ2) is 9.04. The van der Waals surface area contributed by atoms with E-state index in [-0.39, 0.29) is 34.5 Å². The van der Waals surface area contributed by atoms with Crippen molar-refractivity contribution in [3.63, 3.8) is 0 Å². The van der Waals surface area contributed by atoms with E-state index in [2.05, 4.69) is 9.88 Å². The Morgan fingerprint density at radius 3 is 2.12 bits per heavy atom. The molecule has 9 nitrogen and oxygen atoms in total. The highest BCUT2D eigenvalue weighted by atomic mass is 35.5. The fraction of sp³-hybridized carbons (Fsp3) is 0.364. The number of sulfone groups is 1. The Morgan fingerprint density at radius 1 is 0.941 bits per heavy atom. The van der Waals surface area contributed by atoms with Gasteiger partial charge in [0, 0.05) is 44.5 Å². The molecule has 4 rings (SSSR count). The number of benzene rings is 2. The molecule has 1 saturated heterocycles. The Hall–Kier alpha value is -2.31. The largest absolute Gasteiger partial charge is 0.298 e. The molecule has 0 radical (unpaired) electrons. The number of sulfonamides is 1. The summed E-state index contributed by atoms with van der Waals surface area (Å²) in [5.41, 5.74) is 0.360. The van der Waals surface area contributed by atoms with Gasteiger partial charge >= 0.3 is 0 Å². The molecule has 34 heavy (non-hydrogen) atoms. The molecule has 0 amide bonds. The fourth-order valence-corrected chi connectivity index (χ4v) is 6.36. The SMILES string of the molecule is CC(c1nc2cc(Cl)ccc2c(=O)n1C)N1CCN(S(=O)(=O)c2ccc(S(C)(=O)=O)cc2)CC1. The van der Waals surface area contributed by atoms with Crippen LogP contribution >= 0.6 is 11.6 Å². The average Bonchev–Trinajstić information content (AvgIpc) is 2.80. The number of fused-ring (bicyclic) bond motifs is 1. The van der Waals surface area contributed by atoms with Crippen LogP contribution in [0.25, 0.3) is 10.9 Å². The molecule has 0 aliphatic carbocycles. The van der Waals surface area contributed by atoms with Gasteiger partial charge in [-0.3, -0.25) is 14.3 Å². The molecule has 2 heterocycles. The zero-order valence-corrected chi connectivity index (χ0v) is 21.4. The van der Waals surface area contributed by atoms with Gasteiger partial charge in [0.15, 0.2) is 9.84 Å². The Balaban J connectivity index is 1.52. The molecular weight excluding hydrogens is 500 g/mol. The van der Waals surface area contributed by atoms with Gasteiger partial charge in [-0.25, -0.2) is 21.8 Å². The molecule has 182 valence electrons. The molecule has 0 N–H and O–H groups in total. The van der Waals surface area contributed by atoms with E-state index in [1.165, 1.54) is 33.1 Å². The van der Waals surface area contributed by atoms with Gasteiger partial charge in [0.25, 0.3) is 5.56 Å². The second-order valence-corrected chi connectivity index (χ2v) is 12.7. The molecule has 12 heteroatoms. The standard InChI is InChI=1S/C22H25ClN4O5S2/c1-15(21-24-20-14-16(23)4-9-19(20)22(28)25(21)2)26-10-12-27(13-11-26)34(31,32)18-7-5-17(6-8-18)33(3,29)30/h4-9,14-15H,10-13H2,1-3H3. The highest BCUT2D eigenvalue weighted by Crippen LogP contribution is 2.25. The molecule has 2 aromatic carbocycles. The molecule has 1 aliphatic rings. The summed E-state index contributed by atoms with van der Waals surface area (Å²) in [7, 11) is -5.49. The maximum atomic E-state index is 13.1. The summed E-state index contributed by atoms with van der Waals surface area (Å²) in [4.78, 5) is 19.7. The van der Waals surface area contributed by atoms with E-state index in [4.69, 9.17) is 11.6 Å². The number of hydrogen-bond acceptors (Lipinski definition) is 7.